The molecule has 0 radical (unpaired) electrons. The monoisotopic (exact) mass is 489 g/mol. The molecule has 0 bridgehead atoms. The number of nitrogens with one attached hydrogen (secondary N) is 1. The molecular formula is C28H31N3O3S. The Hall–Kier alpha value is -3.26. The molecule has 1 N–H and O–H groups in total. The predicted molar refractivity (Wildman–Crippen MR) is 140 cm³/mol. The van der Waals surface area contributed by atoms with Crippen molar-refractivity contribution in [3.8, 4) is 0 Å². The second-order valence-corrected chi connectivity index (χ2v) is 10.2. The molecule has 3 aromatic rings. The van der Waals surface area contributed by atoms with Crippen LogP contribution in [0.4, 0.5) is 0 Å². The summed E-state index contributed by atoms with van der Waals surface area (Å²) in [6.07, 6.45) is 1.68. The van der Waals surface area contributed by atoms with E-state index < -0.39 is 10.0 Å². The molecule has 6 nitrogen and oxygen atoms in total. The molecule has 35 heavy (non-hydrogen) atoms. The fourth-order valence-corrected chi connectivity index (χ4v) is 5.17. The Labute approximate surface area is 207 Å². The van der Waals surface area contributed by atoms with Gasteiger partial charge in [-0.05, 0) is 22.8 Å². The largest absolute Gasteiger partial charge is 0.340 e. The number of sulfonamides is 1. The van der Waals surface area contributed by atoms with Crippen LogP contribution in [-0.2, 0) is 14.8 Å². The smallest absolute Gasteiger partial charge is 0.233 e. The van der Waals surface area contributed by atoms with E-state index in [2.05, 4.69) is 58.2 Å². The SMILES string of the molecule is O=C(CCNS(=O)(=O)/C=C/c1ccccc1)N1CCN(C(c2ccccc2)c2ccccc2)CC1. The minimum Gasteiger partial charge on any atom is -0.340 e. The number of carbonyl (C=O) groups excluding carboxylic acids is 1. The lowest BCUT2D eigenvalue weighted by molar-refractivity contribution is -0.133. The van der Waals surface area contributed by atoms with E-state index in [-0.39, 0.29) is 24.9 Å². The highest BCUT2D eigenvalue weighted by Gasteiger charge is 2.28. The molecule has 0 aromatic heterocycles. The molecule has 0 unspecified atom stereocenters. The lowest BCUT2D eigenvalue weighted by Gasteiger charge is -2.39. The summed E-state index contributed by atoms with van der Waals surface area (Å²) in [5.41, 5.74) is 3.27. The number of piperazine rings is 1. The first-order chi connectivity index (χ1) is 17.0. The second-order valence-electron chi connectivity index (χ2n) is 8.54. The van der Waals surface area contributed by atoms with E-state index in [1.54, 1.807) is 6.08 Å². The van der Waals surface area contributed by atoms with Crippen LogP contribution in [0.15, 0.2) is 96.4 Å². The number of carbonyl (C=O) groups is 1. The molecular weight excluding hydrogens is 458 g/mol. The standard InChI is InChI=1S/C28H31N3O3S/c32-27(16-18-29-35(33,34)23-17-24-10-4-1-5-11-24)30-19-21-31(22-20-30)28(25-12-6-2-7-13-25)26-14-8-3-9-15-26/h1-15,17,23,28-29H,16,18-22H2/b23-17+. The van der Waals surface area contributed by atoms with Gasteiger partial charge in [0.25, 0.3) is 0 Å². The summed E-state index contributed by atoms with van der Waals surface area (Å²) in [5.74, 6) is -0.0321. The molecule has 1 aliphatic rings. The van der Waals surface area contributed by atoms with Crippen molar-refractivity contribution >= 4 is 22.0 Å². The maximum Gasteiger partial charge on any atom is 0.233 e. The zero-order valence-electron chi connectivity index (χ0n) is 19.7. The van der Waals surface area contributed by atoms with E-state index in [9.17, 15) is 13.2 Å². The van der Waals surface area contributed by atoms with E-state index in [1.165, 1.54) is 11.1 Å². The van der Waals surface area contributed by atoms with Crippen molar-refractivity contribution in [2.75, 3.05) is 32.7 Å². The fourth-order valence-electron chi connectivity index (χ4n) is 4.35. The summed E-state index contributed by atoms with van der Waals surface area (Å²) in [6.45, 7) is 2.83. The predicted octanol–water partition coefficient (Wildman–Crippen LogP) is 3.90. The Kier molecular flexibility index (Phi) is 8.47. The van der Waals surface area contributed by atoms with Crippen LogP contribution in [0.1, 0.15) is 29.2 Å². The fraction of sp³-hybridized carbons (Fsp3) is 0.250. The van der Waals surface area contributed by atoms with Gasteiger partial charge in [0.15, 0.2) is 0 Å². The molecule has 1 heterocycles. The highest BCUT2D eigenvalue weighted by Crippen LogP contribution is 2.29. The van der Waals surface area contributed by atoms with E-state index in [0.29, 0.717) is 13.1 Å². The first-order valence-electron chi connectivity index (χ1n) is 11.9. The minimum atomic E-state index is -3.60. The van der Waals surface area contributed by atoms with Crippen LogP contribution in [0.5, 0.6) is 0 Å². The Morgan fingerprint density at radius 2 is 1.31 bits per heavy atom. The lowest BCUT2D eigenvalue weighted by Crippen LogP contribution is -2.50. The van der Waals surface area contributed by atoms with Crippen molar-refractivity contribution in [2.45, 2.75) is 12.5 Å². The van der Waals surface area contributed by atoms with Gasteiger partial charge >= 0.3 is 0 Å². The minimum absolute atomic E-state index is 0.0321. The highest BCUT2D eigenvalue weighted by atomic mass is 32.2. The van der Waals surface area contributed by atoms with Gasteiger partial charge < -0.3 is 4.90 Å². The first-order valence-corrected chi connectivity index (χ1v) is 13.4. The van der Waals surface area contributed by atoms with Gasteiger partial charge in [-0.15, -0.1) is 0 Å². The van der Waals surface area contributed by atoms with Crippen LogP contribution in [0.3, 0.4) is 0 Å². The van der Waals surface area contributed by atoms with E-state index >= 15 is 0 Å². The quantitative estimate of drug-likeness (QED) is 0.495. The third-order valence-electron chi connectivity index (χ3n) is 6.14. The molecule has 0 saturated carbocycles. The average Bonchev–Trinajstić information content (AvgIpc) is 2.90. The molecule has 1 aliphatic heterocycles. The molecule has 0 aliphatic carbocycles. The Morgan fingerprint density at radius 3 is 1.86 bits per heavy atom. The van der Waals surface area contributed by atoms with Crippen LogP contribution in [0.25, 0.3) is 6.08 Å². The molecule has 182 valence electrons. The van der Waals surface area contributed by atoms with Gasteiger partial charge in [-0.1, -0.05) is 91.0 Å². The van der Waals surface area contributed by atoms with Gasteiger partial charge in [0.2, 0.25) is 15.9 Å². The Balaban J connectivity index is 1.29. The molecule has 7 heteroatoms. The van der Waals surface area contributed by atoms with Crippen molar-refractivity contribution in [1.82, 2.24) is 14.5 Å². The molecule has 0 atom stereocenters. The van der Waals surface area contributed by atoms with Gasteiger partial charge in [0, 0.05) is 44.6 Å². The first kappa shape index (κ1) is 24.9. The average molecular weight is 490 g/mol. The van der Waals surface area contributed by atoms with Gasteiger partial charge in [-0.3, -0.25) is 9.69 Å². The van der Waals surface area contributed by atoms with Crippen molar-refractivity contribution < 1.29 is 13.2 Å². The second kappa shape index (κ2) is 11.9. The maximum atomic E-state index is 12.7. The molecule has 1 amide bonds. The maximum absolute atomic E-state index is 12.7. The van der Waals surface area contributed by atoms with Gasteiger partial charge in [0.05, 0.1) is 6.04 Å². The third-order valence-corrected chi connectivity index (χ3v) is 7.24. The number of amides is 1. The Morgan fingerprint density at radius 1 is 0.800 bits per heavy atom. The molecule has 1 saturated heterocycles. The van der Waals surface area contributed by atoms with Crippen molar-refractivity contribution in [2.24, 2.45) is 0 Å². The highest BCUT2D eigenvalue weighted by molar-refractivity contribution is 7.92. The van der Waals surface area contributed by atoms with Crippen LogP contribution in [-0.4, -0.2) is 56.8 Å². The molecule has 3 aromatic carbocycles. The summed E-state index contributed by atoms with van der Waals surface area (Å²) >= 11 is 0. The molecule has 4 rings (SSSR count). The zero-order chi connectivity index (χ0) is 24.5. The van der Waals surface area contributed by atoms with Crippen LogP contribution in [0.2, 0.25) is 0 Å². The van der Waals surface area contributed by atoms with E-state index in [0.717, 1.165) is 24.1 Å². The zero-order valence-corrected chi connectivity index (χ0v) is 20.5. The van der Waals surface area contributed by atoms with Crippen molar-refractivity contribution in [3.05, 3.63) is 113 Å². The van der Waals surface area contributed by atoms with Gasteiger partial charge in [-0.2, -0.15) is 0 Å². The molecule has 0 spiro atoms. The van der Waals surface area contributed by atoms with Crippen LogP contribution in [0, 0.1) is 0 Å². The van der Waals surface area contributed by atoms with Crippen molar-refractivity contribution in [3.63, 3.8) is 0 Å². The van der Waals surface area contributed by atoms with Gasteiger partial charge in [-0.25, -0.2) is 13.1 Å². The number of hydrogen-bond donors (Lipinski definition) is 1. The van der Waals surface area contributed by atoms with E-state index in [1.807, 2.05) is 47.4 Å². The number of nitrogens with zero attached hydrogens (tertiary/aromatic N) is 2. The summed E-state index contributed by atoms with van der Waals surface area (Å²) < 4.78 is 26.9. The number of hydrogen-bond acceptors (Lipinski definition) is 4. The lowest BCUT2D eigenvalue weighted by atomic mass is 9.96. The normalized spacial score (nSPS) is 15.1. The summed E-state index contributed by atoms with van der Waals surface area (Å²) in [4.78, 5) is 17.0. The molecule has 1 fully saturated rings. The number of rotatable bonds is 9. The summed E-state index contributed by atoms with van der Waals surface area (Å²) in [6, 6.07) is 30.2. The number of benzene rings is 3. The third kappa shape index (κ3) is 7.11. The summed E-state index contributed by atoms with van der Waals surface area (Å²) in [7, 11) is -3.60. The Bertz CT molecular complexity index is 1170. The topological polar surface area (TPSA) is 69.7 Å². The van der Waals surface area contributed by atoms with Crippen LogP contribution >= 0.6 is 0 Å². The van der Waals surface area contributed by atoms with Crippen LogP contribution < -0.4 is 4.72 Å². The summed E-state index contributed by atoms with van der Waals surface area (Å²) in [5, 5.41) is 1.14. The van der Waals surface area contributed by atoms with Gasteiger partial charge in [0.1, 0.15) is 0 Å². The van der Waals surface area contributed by atoms with Crippen molar-refractivity contribution in [1.29, 1.82) is 0 Å². The van der Waals surface area contributed by atoms with E-state index in [4.69, 9.17) is 0 Å².